The van der Waals surface area contributed by atoms with Crippen LogP contribution in [-0.4, -0.2) is 39.6 Å². The van der Waals surface area contributed by atoms with E-state index >= 15 is 0 Å². The van der Waals surface area contributed by atoms with Crippen LogP contribution in [0.25, 0.3) is 0 Å². The molecule has 1 aliphatic heterocycles. The number of allylic oxidation sites excluding steroid dienone is 2. The Morgan fingerprint density at radius 3 is 2.51 bits per heavy atom. The van der Waals surface area contributed by atoms with Crippen LogP contribution in [-0.2, 0) is 16.6 Å². The molecule has 5 heteroatoms. The Labute approximate surface area is 236 Å². The van der Waals surface area contributed by atoms with E-state index in [2.05, 4.69) is 50.7 Å². The van der Waals surface area contributed by atoms with Gasteiger partial charge in [0.25, 0.3) is 0 Å². The van der Waals surface area contributed by atoms with Crippen molar-refractivity contribution in [2.75, 3.05) is 13.1 Å². The molecule has 4 aliphatic carbocycles. The fourth-order valence-electron chi connectivity index (χ4n) is 11.1. The summed E-state index contributed by atoms with van der Waals surface area (Å²) in [4.78, 5) is 27.4. The van der Waals surface area contributed by atoms with E-state index in [0.717, 1.165) is 55.8 Å². The first-order valence-corrected chi connectivity index (χ1v) is 16.1. The first kappa shape index (κ1) is 27.3. The molecule has 1 aromatic heterocycles. The largest absolute Gasteiger partial charge is 0.343 e. The number of piperidine rings is 1. The molecule has 0 unspecified atom stereocenters. The molecule has 1 saturated heterocycles. The molecule has 5 nitrogen and oxygen atoms in total. The van der Waals surface area contributed by atoms with Gasteiger partial charge in [0.15, 0.2) is 0 Å². The molecule has 2 saturated carbocycles. The average Bonchev–Trinajstić information content (AvgIpc) is 3.49. The van der Waals surface area contributed by atoms with Crippen LogP contribution in [0.5, 0.6) is 0 Å². The molecule has 1 aromatic rings. The number of fused-ring (bicyclic) bond motifs is 6. The van der Waals surface area contributed by atoms with E-state index in [-0.39, 0.29) is 16.7 Å². The molecular weight excluding hydrogens is 482 g/mol. The maximum Gasteiger partial charge on any atom is 0.244 e. The number of carbonyl (C=O) groups is 2. The van der Waals surface area contributed by atoms with Gasteiger partial charge in [-0.15, -0.1) is 0 Å². The lowest BCUT2D eigenvalue weighted by Crippen LogP contribution is -2.54. The molecule has 0 radical (unpaired) electrons. The number of nitrogens with zero attached hydrogens (tertiary/aromatic N) is 3. The minimum atomic E-state index is -0.177. The highest BCUT2D eigenvalue weighted by Gasteiger charge is 2.61. The predicted octanol–water partition coefficient (Wildman–Crippen LogP) is 7.20. The lowest BCUT2D eigenvalue weighted by molar-refractivity contribution is -0.132. The van der Waals surface area contributed by atoms with Crippen LogP contribution < -0.4 is 0 Å². The maximum absolute atomic E-state index is 12.9. The summed E-state index contributed by atoms with van der Waals surface area (Å²) >= 11 is 0. The van der Waals surface area contributed by atoms with Crippen molar-refractivity contribution in [3.8, 4) is 0 Å². The molecule has 0 spiro atoms. The van der Waals surface area contributed by atoms with Crippen LogP contribution in [0.15, 0.2) is 17.8 Å². The Morgan fingerprint density at radius 2 is 1.79 bits per heavy atom. The van der Waals surface area contributed by atoms with E-state index in [1.165, 1.54) is 56.9 Å². The average molecular weight is 534 g/mol. The van der Waals surface area contributed by atoms with Gasteiger partial charge in [-0.25, -0.2) is 4.68 Å². The third-order valence-corrected chi connectivity index (χ3v) is 12.7. The minimum absolute atomic E-state index is 0.0133. The number of hydrogen-bond acceptors (Lipinski definition) is 3. The van der Waals surface area contributed by atoms with Gasteiger partial charge in [-0.2, -0.15) is 5.10 Å². The molecule has 0 N–H and O–H groups in total. The first-order valence-electron chi connectivity index (χ1n) is 16.1. The summed E-state index contributed by atoms with van der Waals surface area (Å²) in [6.45, 7) is 15.8. The maximum atomic E-state index is 12.9. The zero-order valence-corrected chi connectivity index (χ0v) is 25.4. The Kier molecular flexibility index (Phi) is 6.70. The molecule has 7 atom stereocenters. The zero-order valence-electron chi connectivity index (χ0n) is 25.4. The molecule has 2 heterocycles. The van der Waals surface area contributed by atoms with Crippen molar-refractivity contribution in [3.63, 3.8) is 0 Å². The lowest BCUT2D eigenvalue weighted by atomic mass is 9.44. The molecule has 0 bridgehead atoms. The molecule has 5 aliphatic rings. The van der Waals surface area contributed by atoms with E-state index in [1.807, 2.05) is 6.20 Å². The van der Waals surface area contributed by atoms with Crippen molar-refractivity contribution in [2.45, 2.75) is 118 Å². The number of carbonyl (C=O) groups excluding carboxylic acids is 2. The van der Waals surface area contributed by atoms with Crippen LogP contribution in [0.3, 0.4) is 0 Å². The van der Waals surface area contributed by atoms with Crippen LogP contribution in [0.2, 0.25) is 0 Å². The van der Waals surface area contributed by atoms with E-state index in [9.17, 15) is 9.59 Å². The highest BCUT2D eigenvalue weighted by Crippen LogP contribution is 2.68. The highest BCUT2D eigenvalue weighted by molar-refractivity contribution is 5.77. The summed E-state index contributed by atoms with van der Waals surface area (Å²) in [6, 6.07) is 0. The number of amides is 1. The summed E-state index contributed by atoms with van der Waals surface area (Å²) in [5, 5.41) is 4.55. The number of aromatic nitrogens is 2. The molecule has 1 amide bonds. The Balaban J connectivity index is 1.20. The van der Waals surface area contributed by atoms with Crippen molar-refractivity contribution in [3.05, 3.63) is 29.1 Å². The second-order valence-corrected chi connectivity index (χ2v) is 15.1. The Hall–Kier alpha value is -1.91. The summed E-state index contributed by atoms with van der Waals surface area (Å²) in [5.41, 5.74) is 4.30. The number of likely N-dealkylation sites (tertiary alicyclic amines) is 1. The molecule has 0 aromatic carbocycles. The third-order valence-electron chi connectivity index (χ3n) is 12.7. The molecule has 214 valence electrons. The Morgan fingerprint density at radius 1 is 1.05 bits per heavy atom. The van der Waals surface area contributed by atoms with Gasteiger partial charge in [0.05, 0.1) is 11.9 Å². The van der Waals surface area contributed by atoms with Crippen LogP contribution in [0.1, 0.15) is 122 Å². The summed E-state index contributed by atoms with van der Waals surface area (Å²) in [5.74, 6) is 3.97. The fraction of sp³-hybridized carbons (Fsp3) is 0.794. The summed E-state index contributed by atoms with van der Waals surface area (Å²) in [6.07, 6.45) is 17.5. The normalized spacial score (nSPS) is 37.7. The van der Waals surface area contributed by atoms with Crippen molar-refractivity contribution >= 4 is 11.8 Å². The molecular formula is C34H51N3O2. The van der Waals surface area contributed by atoms with Crippen molar-refractivity contribution < 1.29 is 9.59 Å². The lowest BCUT2D eigenvalue weighted by Gasteiger charge is -2.60. The highest BCUT2D eigenvalue weighted by atomic mass is 16.2. The van der Waals surface area contributed by atoms with Crippen molar-refractivity contribution in [1.29, 1.82) is 0 Å². The van der Waals surface area contributed by atoms with Gasteiger partial charge in [-0.1, -0.05) is 46.3 Å². The van der Waals surface area contributed by atoms with Gasteiger partial charge in [0.1, 0.15) is 0 Å². The molecule has 39 heavy (non-hydrogen) atoms. The topological polar surface area (TPSA) is 55.2 Å². The number of hydrogen-bond donors (Lipinski definition) is 0. The van der Waals surface area contributed by atoms with Gasteiger partial charge in [-0.05, 0) is 110 Å². The molecule has 6 rings (SSSR count). The summed E-state index contributed by atoms with van der Waals surface area (Å²) in [7, 11) is 0. The molecule has 3 fully saturated rings. The third kappa shape index (κ3) is 4.10. The SMILES string of the molecule is CC(=O)n1ncc2c1C(C)(C)C1=CC[C@H]3[C@@H]4CC[C@H]([C@H](C)CCC(=O)N5CCCCC5)[C@@]4(C)CC[C@@H]3[C@@]1(C)C2. The van der Waals surface area contributed by atoms with Gasteiger partial charge >= 0.3 is 0 Å². The van der Waals surface area contributed by atoms with E-state index in [1.54, 1.807) is 17.2 Å². The van der Waals surface area contributed by atoms with Crippen molar-refractivity contribution in [1.82, 2.24) is 14.7 Å². The van der Waals surface area contributed by atoms with Crippen LogP contribution >= 0.6 is 0 Å². The smallest absolute Gasteiger partial charge is 0.244 e. The van der Waals surface area contributed by atoms with Crippen LogP contribution in [0.4, 0.5) is 0 Å². The van der Waals surface area contributed by atoms with E-state index in [0.29, 0.717) is 23.2 Å². The van der Waals surface area contributed by atoms with E-state index < -0.39 is 0 Å². The summed E-state index contributed by atoms with van der Waals surface area (Å²) < 4.78 is 1.67. The zero-order chi connectivity index (χ0) is 27.7. The van der Waals surface area contributed by atoms with Gasteiger partial charge in [0.2, 0.25) is 11.8 Å². The monoisotopic (exact) mass is 533 g/mol. The van der Waals surface area contributed by atoms with Gasteiger partial charge in [-0.3, -0.25) is 9.59 Å². The van der Waals surface area contributed by atoms with Gasteiger partial charge in [0, 0.05) is 31.8 Å². The van der Waals surface area contributed by atoms with Crippen molar-refractivity contribution in [2.24, 2.45) is 40.4 Å². The standard InChI is InChI=1S/C34H51N3O2/c1-22(10-15-30(39)36-18-8-7-9-19-36)26-12-13-27-25-11-14-29-32(3,4)31-24(21-35-37(31)23(2)38)20-34(29,6)28(25)16-17-33(26,27)5/h14,21-22,25-28H,7-13,15-20H2,1-6H3/t22-,25+,26-,27+,28+,33-,34-/m1/s1. The number of rotatable bonds is 4. The quantitative estimate of drug-likeness (QED) is 0.385. The fourth-order valence-corrected chi connectivity index (χ4v) is 11.1. The Bertz CT molecular complexity index is 1170. The van der Waals surface area contributed by atoms with Gasteiger partial charge < -0.3 is 4.90 Å². The van der Waals surface area contributed by atoms with E-state index in [4.69, 9.17) is 0 Å². The van der Waals surface area contributed by atoms with Crippen LogP contribution in [0, 0.1) is 40.4 Å². The first-order chi connectivity index (χ1) is 18.5. The minimum Gasteiger partial charge on any atom is -0.343 e. The second-order valence-electron chi connectivity index (χ2n) is 15.1. The second kappa shape index (κ2) is 9.58. The predicted molar refractivity (Wildman–Crippen MR) is 155 cm³/mol.